The molecule has 20 heavy (non-hydrogen) atoms. The molecule has 1 aliphatic rings. The van der Waals surface area contributed by atoms with Crippen LogP contribution in [0.15, 0.2) is 71.1 Å². The van der Waals surface area contributed by atoms with Crippen LogP contribution in [0.1, 0.15) is 0 Å². The van der Waals surface area contributed by atoms with E-state index in [1.54, 1.807) is 36.6 Å². The number of hydrogen-bond acceptors (Lipinski definition) is 4. The van der Waals surface area contributed by atoms with Gasteiger partial charge in [-0.2, -0.15) is 17.9 Å². The summed E-state index contributed by atoms with van der Waals surface area (Å²) in [5, 5.41) is 5.30. The quantitative estimate of drug-likeness (QED) is 0.850. The Labute approximate surface area is 116 Å². The van der Waals surface area contributed by atoms with E-state index in [2.05, 4.69) is 10.1 Å². The van der Waals surface area contributed by atoms with Gasteiger partial charge in [0.2, 0.25) is 0 Å². The van der Waals surface area contributed by atoms with Crippen LogP contribution >= 0.6 is 0 Å². The number of hydrogen-bond donors (Lipinski definition) is 0. The predicted octanol–water partition coefficient (Wildman–Crippen LogP) is 2.29. The van der Waals surface area contributed by atoms with Crippen LogP contribution in [0.2, 0.25) is 0 Å². The van der Waals surface area contributed by atoms with Gasteiger partial charge in [0, 0.05) is 35.6 Å². The summed E-state index contributed by atoms with van der Waals surface area (Å²) in [5.74, 6) is 0. The summed E-state index contributed by atoms with van der Waals surface area (Å²) in [6.45, 7) is 0. The van der Waals surface area contributed by atoms with Crippen molar-refractivity contribution >= 4 is 27.0 Å². The minimum atomic E-state index is -3.77. The SMILES string of the molecule is O=S(=O)(c1cncc2ccccc12)N1C=CC=CC=N1. The van der Waals surface area contributed by atoms with Gasteiger partial charge in [0.05, 0.1) is 0 Å². The predicted molar refractivity (Wildman–Crippen MR) is 77.5 cm³/mol. The Balaban J connectivity index is 2.19. The van der Waals surface area contributed by atoms with Gasteiger partial charge in [0.1, 0.15) is 4.90 Å². The highest BCUT2D eigenvalue weighted by Gasteiger charge is 2.24. The summed E-state index contributed by atoms with van der Waals surface area (Å²) in [6.07, 6.45) is 10.8. The third kappa shape index (κ3) is 2.10. The lowest BCUT2D eigenvalue weighted by Crippen LogP contribution is -2.21. The molecule has 0 aliphatic carbocycles. The van der Waals surface area contributed by atoms with E-state index in [4.69, 9.17) is 0 Å². The molecular weight excluding hydrogens is 274 g/mol. The first-order valence-corrected chi connectivity index (χ1v) is 7.38. The van der Waals surface area contributed by atoms with E-state index in [1.165, 1.54) is 18.6 Å². The van der Waals surface area contributed by atoms with Crippen LogP contribution in [0, 0.1) is 0 Å². The topological polar surface area (TPSA) is 62.6 Å². The average Bonchev–Trinajstić information content (AvgIpc) is 2.76. The van der Waals surface area contributed by atoms with Gasteiger partial charge in [0.25, 0.3) is 10.0 Å². The molecule has 3 rings (SSSR count). The fraction of sp³-hybridized carbons (Fsp3) is 0. The van der Waals surface area contributed by atoms with Crippen molar-refractivity contribution < 1.29 is 8.42 Å². The van der Waals surface area contributed by atoms with Crippen molar-refractivity contribution in [3.8, 4) is 0 Å². The normalized spacial score (nSPS) is 14.7. The Hall–Kier alpha value is -2.47. The van der Waals surface area contributed by atoms with Crippen molar-refractivity contribution in [2.24, 2.45) is 5.10 Å². The lowest BCUT2D eigenvalue weighted by molar-refractivity contribution is 0.517. The second-order valence-electron chi connectivity index (χ2n) is 4.13. The Kier molecular flexibility index (Phi) is 3.08. The molecule has 1 aliphatic heterocycles. The maximum atomic E-state index is 12.6. The van der Waals surface area contributed by atoms with E-state index in [1.807, 2.05) is 12.1 Å². The highest BCUT2D eigenvalue weighted by Crippen LogP contribution is 2.25. The van der Waals surface area contributed by atoms with E-state index in [9.17, 15) is 8.42 Å². The number of aromatic nitrogens is 1. The zero-order valence-corrected chi connectivity index (χ0v) is 11.2. The lowest BCUT2D eigenvalue weighted by Gasteiger charge is -2.15. The van der Waals surface area contributed by atoms with E-state index in [0.717, 1.165) is 9.80 Å². The monoisotopic (exact) mass is 285 g/mol. The number of allylic oxidation sites excluding steroid dienone is 3. The number of fused-ring (bicyclic) bond motifs is 1. The van der Waals surface area contributed by atoms with Crippen LogP contribution < -0.4 is 0 Å². The van der Waals surface area contributed by atoms with Gasteiger partial charge in [-0.3, -0.25) is 4.98 Å². The fourth-order valence-corrected chi connectivity index (χ4v) is 3.19. The third-order valence-corrected chi connectivity index (χ3v) is 4.45. The van der Waals surface area contributed by atoms with Gasteiger partial charge in [-0.05, 0) is 12.2 Å². The highest BCUT2D eigenvalue weighted by molar-refractivity contribution is 7.89. The molecule has 6 heteroatoms. The van der Waals surface area contributed by atoms with Crippen LogP contribution in [0.4, 0.5) is 0 Å². The van der Waals surface area contributed by atoms with Gasteiger partial charge >= 0.3 is 0 Å². The van der Waals surface area contributed by atoms with E-state index in [0.29, 0.717) is 5.39 Å². The van der Waals surface area contributed by atoms with Gasteiger partial charge in [0.15, 0.2) is 0 Å². The minimum Gasteiger partial charge on any atom is -0.263 e. The lowest BCUT2D eigenvalue weighted by atomic mass is 10.2. The Morgan fingerprint density at radius 1 is 1.00 bits per heavy atom. The minimum absolute atomic E-state index is 0.138. The van der Waals surface area contributed by atoms with Gasteiger partial charge in [-0.15, -0.1) is 0 Å². The van der Waals surface area contributed by atoms with E-state index < -0.39 is 10.0 Å². The average molecular weight is 285 g/mol. The summed E-state index contributed by atoms with van der Waals surface area (Å²) >= 11 is 0. The van der Waals surface area contributed by atoms with Crippen molar-refractivity contribution in [3.05, 3.63) is 61.1 Å². The first-order valence-electron chi connectivity index (χ1n) is 5.94. The summed E-state index contributed by atoms with van der Waals surface area (Å²) in [6, 6.07) is 7.22. The maximum Gasteiger partial charge on any atom is 0.285 e. The van der Waals surface area contributed by atoms with Crippen LogP contribution in [-0.4, -0.2) is 24.0 Å². The molecule has 0 N–H and O–H groups in total. The second-order valence-corrected chi connectivity index (χ2v) is 5.89. The Morgan fingerprint density at radius 2 is 1.85 bits per heavy atom. The van der Waals surface area contributed by atoms with E-state index in [-0.39, 0.29) is 4.90 Å². The summed E-state index contributed by atoms with van der Waals surface area (Å²) in [4.78, 5) is 4.14. The molecule has 1 aromatic heterocycles. The number of rotatable bonds is 2. The molecule has 0 atom stereocenters. The molecule has 0 saturated heterocycles. The molecule has 0 amide bonds. The smallest absolute Gasteiger partial charge is 0.263 e. The molecule has 5 nitrogen and oxygen atoms in total. The largest absolute Gasteiger partial charge is 0.285 e. The van der Waals surface area contributed by atoms with Crippen LogP contribution in [0.3, 0.4) is 0 Å². The summed E-state index contributed by atoms with van der Waals surface area (Å²) in [7, 11) is -3.77. The van der Waals surface area contributed by atoms with Crippen molar-refractivity contribution in [3.63, 3.8) is 0 Å². The summed E-state index contributed by atoms with van der Waals surface area (Å²) in [5.41, 5.74) is 0. The number of pyridine rings is 1. The molecule has 0 unspecified atom stereocenters. The molecule has 0 fully saturated rings. The molecule has 0 saturated carbocycles. The molecule has 100 valence electrons. The molecule has 2 aromatic rings. The number of benzene rings is 1. The number of hydrazone groups is 1. The fourth-order valence-electron chi connectivity index (χ4n) is 1.92. The highest BCUT2D eigenvalue weighted by atomic mass is 32.2. The number of sulfonamides is 1. The first kappa shape index (κ1) is 12.6. The first-order chi connectivity index (χ1) is 9.69. The molecule has 0 radical (unpaired) electrons. The maximum absolute atomic E-state index is 12.6. The van der Waals surface area contributed by atoms with Crippen molar-refractivity contribution in [1.82, 2.24) is 9.40 Å². The van der Waals surface area contributed by atoms with Crippen molar-refractivity contribution in [2.75, 3.05) is 0 Å². The van der Waals surface area contributed by atoms with Crippen molar-refractivity contribution in [1.29, 1.82) is 0 Å². The van der Waals surface area contributed by atoms with Crippen molar-refractivity contribution in [2.45, 2.75) is 4.90 Å². The summed E-state index contributed by atoms with van der Waals surface area (Å²) < 4.78 is 26.2. The molecule has 1 aromatic carbocycles. The molecule has 0 bridgehead atoms. The third-order valence-electron chi connectivity index (χ3n) is 2.86. The molecule has 2 heterocycles. The van der Waals surface area contributed by atoms with Gasteiger partial charge in [-0.25, -0.2) is 0 Å². The Bertz CT molecular complexity index is 817. The standard InChI is InChI=1S/C14H11N3O2S/c18-20(19,17-9-5-1-4-8-16-17)14-11-15-10-12-6-2-3-7-13(12)14/h1-11H. The number of nitrogens with zero attached hydrogens (tertiary/aromatic N) is 3. The Morgan fingerprint density at radius 3 is 2.75 bits per heavy atom. The van der Waals surface area contributed by atoms with E-state index >= 15 is 0 Å². The van der Waals surface area contributed by atoms with Crippen LogP contribution in [-0.2, 0) is 10.0 Å². The zero-order chi connectivity index (χ0) is 14.0. The second kappa shape index (κ2) is 4.90. The zero-order valence-electron chi connectivity index (χ0n) is 10.4. The molecule has 0 spiro atoms. The van der Waals surface area contributed by atoms with Crippen LogP contribution in [0.5, 0.6) is 0 Å². The van der Waals surface area contributed by atoms with Gasteiger partial charge in [-0.1, -0.05) is 30.3 Å². The van der Waals surface area contributed by atoms with Crippen LogP contribution in [0.25, 0.3) is 10.8 Å². The molecular formula is C14H11N3O2S. The van der Waals surface area contributed by atoms with Gasteiger partial charge < -0.3 is 0 Å².